The molecule has 0 aliphatic rings. The Balaban J connectivity index is 3.48. The number of nitrogens with two attached hydrogens (primary N) is 1. The second kappa shape index (κ2) is 1.73. The van der Waals surface area contributed by atoms with Crippen LogP contribution in [0.5, 0.6) is 0 Å². The zero-order chi connectivity index (χ0) is 5.21. The third-order valence-corrected chi connectivity index (χ3v) is 1.09. The molecule has 0 saturated heterocycles. The zero-order valence-electron chi connectivity index (χ0n) is 3.84. The van der Waals surface area contributed by atoms with E-state index in [-0.39, 0.29) is 0 Å². The van der Waals surface area contributed by atoms with Crippen LogP contribution >= 0.6 is 7.52 Å². The van der Waals surface area contributed by atoms with Crippen molar-refractivity contribution in [3.05, 3.63) is 0 Å². The molecule has 6 heavy (non-hydrogen) atoms. The summed E-state index contributed by atoms with van der Waals surface area (Å²) in [5.41, 5.74) is 4.87. The Bertz CT molecular complexity index is 75.6. The van der Waals surface area contributed by atoms with Crippen LogP contribution in [0.4, 0.5) is 0 Å². The fourth-order valence-corrected chi connectivity index (χ4v) is 0. The van der Waals surface area contributed by atoms with Gasteiger partial charge in [-0.15, -0.1) is 0 Å². The molecule has 0 bridgehead atoms. The average molecular weight is 109 g/mol. The lowest BCUT2D eigenvalue weighted by atomic mass is 11.8. The predicted octanol–water partition coefficient (Wildman–Crippen LogP) is 0.414. The summed E-state index contributed by atoms with van der Waals surface area (Å²) in [6, 6.07) is 0. The van der Waals surface area contributed by atoms with Crippen molar-refractivity contribution in [2.24, 2.45) is 5.50 Å². The van der Waals surface area contributed by atoms with Crippen LogP contribution < -0.4 is 5.50 Å². The Morgan fingerprint density at radius 1 is 1.83 bits per heavy atom. The molecule has 38 valence electrons. The number of hydrogen-bond donors (Lipinski definition) is 1. The van der Waals surface area contributed by atoms with Crippen molar-refractivity contribution in [2.45, 2.75) is 0 Å². The molecule has 4 heteroatoms. The van der Waals surface area contributed by atoms with E-state index in [4.69, 9.17) is 5.50 Å². The van der Waals surface area contributed by atoms with Crippen molar-refractivity contribution in [3.63, 3.8) is 0 Å². The van der Waals surface area contributed by atoms with Gasteiger partial charge < -0.3 is 4.52 Å². The average Bonchev–Trinajstić information content (AvgIpc) is 1.35. The van der Waals surface area contributed by atoms with Gasteiger partial charge in [-0.25, -0.2) is 0 Å². The van der Waals surface area contributed by atoms with Crippen molar-refractivity contribution in [1.29, 1.82) is 0 Å². The van der Waals surface area contributed by atoms with Crippen molar-refractivity contribution in [2.75, 3.05) is 13.8 Å². The van der Waals surface area contributed by atoms with Crippen LogP contribution in [0.25, 0.3) is 0 Å². The summed E-state index contributed by atoms with van der Waals surface area (Å²) in [6.07, 6.45) is 0. The van der Waals surface area contributed by atoms with Crippen LogP contribution in [0.2, 0.25) is 0 Å². The van der Waals surface area contributed by atoms with Crippen LogP contribution in [0.3, 0.4) is 0 Å². The molecule has 0 aliphatic carbocycles. The first kappa shape index (κ1) is 6.15. The van der Waals surface area contributed by atoms with E-state index in [2.05, 4.69) is 4.52 Å². The minimum atomic E-state index is -2.65. The fourth-order valence-electron chi connectivity index (χ4n) is 0. The molecule has 2 N–H and O–H groups in total. The first-order valence-electron chi connectivity index (χ1n) is 1.48. The maximum atomic E-state index is 10.1. The van der Waals surface area contributed by atoms with Gasteiger partial charge in [0.05, 0.1) is 0 Å². The summed E-state index contributed by atoms with van der Waals surface area (Å²) in [6.45, 7) is 1.35. The van der Waals surface area contributed by atoms with Crippen molar-refractivity contribution < 1.29 is 9.09 Å². The molecular weight excluding hydrogens is 101 g/mol. The van der Waals surface area contributed by atoms with Gasteiger partial charge in [-0.3, -0.25) is 10.1 Å². The molecule has 0 aliphatic heterocycles. The Morgan fingerprint density at radius 3 is 2.00 bits per heavy atom. The van der Waals surface area contributed by atoms with Gasteiger partial charge in [0.1, 0.15) is 0 Å². The minimum absolute atomic E-state index is 1.32. The molecular formula is C2H8NO2P. The molecule has 0 heterocycles. The maximum Gasteiger partial charge on any atom is 0.263 e. The van der Waals surface area contributed by atoms with Crippen molar-refractivity contribution in [3.8, 4) is 0 Å². The second-order valence-corrected chi connectivity index (χ2v) is 3.27. The highest BCUT2D eigenvalue weighted by Gasteiger charge is 1.99. The van der Waals surface area contributed by atoms with Gasteiger partial charge in [0.25, 0.3) is 7.52 Å². The van der Waals surface area contributed by atoms with E-state index in [1.807, 2.05) is 0 Å². The highest BCUT2D eigenvalue weighted by atomic mass is 31.2. The molecule has 0 spiro atoms. The highest BCUT2D eigenvalue weighted by Crippen LogP contribution is 2.29. The highest BCUT2D eigenvalue weighted by molar-refractivity contribution is 7.55. The van der Waals surface area contributed by atoms with Gasteiger partial charge in [0.2, 0.25) is 0 Å². The lowest BCUT2D eigenvalue weighted by Crippen LogP contribution is -1.91. The van der Waals surface area contributed by atoms with E-state index < -0.39 is 7.52 Å². The van der Waals surface area contributed by atoms with Crippen LogP contribution in [-0.4, -0.2) is 13.8 Å². The van der Waals surface area contributed by atoms with E-state index in [1.54, 1.807) is 0 Å². The van der Waals surface area contributed by atoms with E-state index in [1.165, 1.54) is 13.8 Å². The van der Waals surface area contributed by atoms with Crippen LogP contribution in [0.1, 0.15) is 0 Å². The Morgan fingerprint density at radius 2 is 2.00 bits per heavy atom. The number of rotatable bonds is 1. The molecule has 0 rings (SSSR count). The Labute approximate surface area is 37.0 Å². The topological polar surface area (TPSA) is 52.3 Å². The summed E-state index contributed by atoms with van der Waals surface area (Å²) in [4.78, 5) is 0. The SMILES string of the molecule is COP(C)(N)=O. The molecule has 1 atom stereocenters. The quantitative estimate of drug-likeness (QED) is 0.496. The molecule has 0 aromatic heterocycles. The van der Waals surface area contributed by atoms with Gasteiger partial charge in [0.15, 0.2) is 0 Å². The van der Waals surface area contributed by atoms with Crippen LogP contribution in [-0.2, 0) is 9.09 Å². The van der Waals surface area contributed by atoms with E-state index in [0.29, 0.717) is 0 Å². The van der Waals surface area contributed by atoms with Gasteiger partial charge in [-0.2, -0.15) is 0 Å². The molecule has 1 unspecified atom stereocenters. The molecule has 0 amide bonds. The first-order valence-corrected chi connectivity index (χ1v) is 3.62. The third-order valence-electron chi connectivity index (χ3n) is 0.363. The van der Waals surface area contributed by atoms with E-state index in [9.17, 15) is 4.57 Å². The normalized spacial score (nSPS) is 19.8. The summed E-state index contributed by atoms with van der Waals surface area (Å²) in [7, 11) is -1.33. The minimum Gasteiger partial charge on any atom is -0.321 e. The van der Waals surface area contributed by atoms with Crippen molar-refractivity contribution >= 4 is 7.52 Å². The second-order valence-electron chi connectivity index (χ2n) is 1.09. The predicted molar refractivity (Wildman–Crippen MR) is 24.7 cm³/mol. The van der Waals surface area contributed by atoms with Crippen molar-refractivity contribution in [1.82, 2.24) is 0 Å². The Kier molecular flexibility index (Phi) is 1.78. The monoisotopic (exact) mass is 109 g/mol. The lowest BCUT2D eigenvalue weighted by molar-refractivity contribution is 0.400. The molecule has 0 fully saturated rings. The molecule has 0 saturated carbocycles. The Hall–Kier alpha value is 0.150. The largest absolute Gasteiger partial charge is 0.321 e. The lowest BCUT2D eigenvalue weighted by Gasteiger charge is -1.97. The van der Waals surface area contributed by atoms with Crippen LogP contribution in [0.15, 0.2) is 0 Å². The van der Waals surface area contributed by atoms with Gasteiger partial charge >= 0.3 is 0 Å². The van der Waals surface area contributed by atoms with E-state index in [0.717, 1.165) is 0 Å². The molecule has 0 aromatic rings. The third kappa shape index (κ3) is 4.15. The fraction of sp³-hybridized carbons (Fsp3) is 1.00. The molecule has 3 nitrogen and oxygen atoms in total. The smallest absolute Gasteiger partial charge is 0.263 e. The summed E-state index contributed by atoms with van der Waals surface area (Å²) in [5, 5.41) is 0. The molecule has 0 radical (unpaired) electrons. The summed E-state index contributed by atoms with van der Waals surface area (Å²) < 4.78 is 14.4. The van der Waals surface area contributed by atoms with Gasteiger partial charge in [-0.05, 0) is 0 Å². The maximum absolute atomic E-state index is 10.1. The van der Waals surface area contributed by atoms with E-state index >= 15 is 0 Å². The standard InChI is InChI=1S/C2H8NO2P/c1-5-6(2,3)4/h1-2H3,(H2,3,4). The first-order chi connectivity index (χ1) is 2.56. The zero-order valence-corrected chi connectivity index (χ0v) is 4.74. The van der Waals surface area contributed by atoms with Gasteiger partial charge in [-0.1, -0.05) is 0 Å². The number of hydrogen-bond acceptors (Lipinski definition) is 2. The van der Waals surface area contributed by atoms with Gasteiger partial charge in [0, 0.05) is 13.8 Å². The summed E-state index contributed by atoms with van der Waals surface area (Å²) >= 11 is 0. The summed E-state index contributed by atoms with van der Waals surface area (Å²) in [5.74, 6) is 0. The molecule has 0 aromatic carbocycles. The van der Waals surface area contributed by atoms with Crippen LogP contribution in [0, 0.1) is 0 Å².